The Morgan fingerprint density at radius 1 is 0.828 bits per heavy atom. The molecular formula is C21H21N3O4S. The predicted octanol–water partition coefficient (Wildman–Crippen LogP) is 3.10. The highest BCUT2D eigenvalue weighted by atomic mass is 32.2. The average Bonchev–Trinajstić information content (AvgIpc) is 2.67. The van der Waals surface area contributed by atoms with E-state index in [0.29, 0.717) is 11.4 Å². The Bertz CT molecular complexity index is 1180. The van der Waals surface area contributed by atoms with Gasteiger partial charge < -0.3 is 10.6 Å². The van der Waals surface area contributed by atoms with Crippen molar-refractivity contribution >= 4 is 44.0 Å². The first-order valence-electron chi connectivity index (χ1n) is 8.94. The molecule has 0 unspecified atom stereocenters. The number of carbonyl (C=O) groups excluding carboxylic acids is 2. The second-order valence-corrected chi connectivity index (χ2v) is 8.32. The number of sulfonamides is 1. The van der Waals surface area contributed by atoms with Gasteiger partial charge in [-0.2, -0.15) is 4.72 Å². The van der Waals surface area contributed by atoms with Crippen LogP contribution in [0, 0.1) is 0 Å². The lowest BCUT2D eigenvalue weighted by Crippen LogP contribution is -2.41. The number of nitrogens with one attached hydrogen (secondary N) is 3. The van der Waals surface area contributed by atoms with Crippen molar-refractivity contribution in [2.75, 3.05) is 10.6 Å². The summed E-state index contributed by atoms with van der Waals surface area (Å²) in [5, 5.41) is 6.98. The van der Waals surface area contributed by atoms with E-state index in [4.69, 9.17) is 0 Å². The van der Waals surface area contributed by atoms with Crippen LogP contribution in [0.5, 0.6) is 0 Å². The third kappa shape index (κ3) is 5.18. The minimum absolute atomic E-state index is 0.0866. The second kappa shape index (κ2) is 8.42. The lowest BCUT2D eigenvalue weighted by Gasteiger charge is -2.15. The number of fused-ring (bicyclic) bond motifs is 1. The van der Waals surface area contributed by atoms with Crippen LogP contribution in [0.25, 0.3) is 10.8 Å². The maximum Gasteiger partial charge on any atom is 0.242 e. The Balaban J connectivity index is 1.71. The smallest absolute Gasteiger partial charge is 0.242 e. The van der Waals surface area contributed by atoms with Crippen molar-refractivity contribution in [3.05, 3.63) is 66.7 Å². The summed E-state index contributed by atoms with van der Waals surface area (Å²) in [6.45, 7) is 2.85. The molecule has 150 valence electrons. The zero-order chi connectivity index (χ0) is 21.0. The van der Waals surface area contributed by atoms with Gasteiger partial charge in [0.25, 0.3) is 0 Å². The van der Waals surface area contributed by atoms with Crippen molar-refractivity contribution in [3.8, 4) is 0 Å². The monoisotopic (exact) mass is 411 g/mol. The van der Waals surface area contributed by atoms with Gasteiger partial charge in [0.1, 0.15) is 0 Å². The number of carbonyl (C=O) groups is 2. The molecule has 0 spiro atoms. The summed E-state index contributed by atoms with van der Waals surface area (Å²) in [6, 6.07) is 17.8. The molecule has 0 aliphatic rings. The summed E-state index contributed by atoms with van der Waals surface area (Å²) in [4.78, 5) is 23.7. The van der Waals surface area contributed by atoms with E-state index >= 15 is 0 Å². The molecule has 29 heavy (non-hydrogen) atoms. The molecule has 0 saturated carbocycles. The molecule has 0 aliphatic heterocycles. The first-order chi connectivity index (χ1) is 13.7. The summed E-state index contributed by atoms with van der Waals surface area (Å²) >= 11 is 0. The number of amides is 2. The summed E-state index contributed by atoms with van der Waals surface area (Å²) in [5.74, 6) is -0.751. The van der Waals surface area contributed by atoms with Crippen LogP contribution in [-0.4, -0.2) is 26.3 Å². The number of hydrogen-bond acceptors (Lipinski definition) is 4. The van der Waals surface area contributed by atoms with E-state index < -0.39 is 22.0 Å². The quantitative estimate of drug-likeness (QED) is 0.580. The summed E-state index contributed by atoms with van der Waals surface area (Å²) < 4.78 is 27.8. The van der Waals surface area contributed by atoms with Crippen LogP contribution in [0.15, 0.2) is 71.6 Å². The Morgan fingerprint density at radius 3 is 2.17 bits per heavy atom. The van der Waals surface area contributed by atoms with Crippen molar-refractivity contribution < 1.29 is 18.0 Å². The maximum absolute atomic E-state index is 12.7. The summed E-state index contributed by atoms with van der Waals surface area (Å²) in [5.41, 5.74) is 0.970. The molecule has 3 aromatic carbocycles. The van der Waals surface area contributed by atoms with E-state index in [2.05, 4.69) is 15.4 Å². The Hall–Kier alpha value is -3.23. The van der Waals surface area contributed by atoms with E-state index in [1.165, 1.54) is 19.9 Å². The number of hydrogen-bond donors (Lipinski definition) is 3. The molecule has 0 bridgehead atoms. The highest BCUT2D eigenvalue weighted by Crippen LogP contribution is 2.19. The molecule has 0 aliphatic carbocycles. The van der Waals surface area contributed by atoms with E-state index in [1.807, 2.05) is 24.3 Å². The third-order valence-corrected chi connectivity index (χ3v) is 5.75. The standard InChI is InChI=1S/C21H21N3O4S/c1-14(21(26)23-19-9-5-8-18(13-19)22-15(2)25)24-29(27,28)20-11-10-16-6-3-4-7-17(16)12-20/h3-14,24H,1-2H3,(H,22,25)(H,23,26)/t14-/m1/s1. The maximum atomic E-state index is 12.7. The van der Waals surface area contributed by atoms with Gasteiger partial charge in [-0.15, -0.1) is 0 Å². The van der Waals surface area contributed by atoms with Crippen molar-refractivity contribution in [3.63, 3.8) is 0 Å². The van der Waals surface area contributed by atoms with Gasteiger partial charge in [-0.1, -0.05) is 36.4 Å². The summed E-state index contributed by atoms with van der Waals surface area (Å²) in [6.07, 6.45) is 0. The van der Waals surface area contributed by atoms with Crippen LogP contribution in [0.4, 0.5) is 11.4 Å². The molecular weight excluding hydrogens is 390 g/mol. The topological polar surface area (TPSA) is 104 Å². The molecule has 0 heterocycles. The SMILES string of the molecule is CC(=O)Nc1cccc(NC(=O)[C@@H](C)NS(=O)(=O)c2ccc3ccccc3c2)c1. The van der Waals surface area contributed by atoms with Crippen LogP contribution in [0.3, 0.4) is 0 Å². The first-order valence-corrected chi connectivity index (χ1v) is 10.4. The molecule has 7 nitrogen and oxygen atoms in total. The Labute approximate surface area is 169 Å². The molecule has 0 fully saturated rings. The normalized spacial score (nSPS) is 12.3. The second-order valence-electron chi connectivity index (χ2n) is 6.60. The van der Waals surface area contributed by atoms with Crippen molar-refractivity contribution in [2.45, 2.75) is 24.8 Å². The van der Waals surface area contributed by atoms with E-state index in [1.54, 1.807) is 36.4 Å². The van der Waals surface area contributed by atoms with Gasteiger partial charge in [0.15, 0.2) is 0 Å². The van der Waals surface area contributed by atoms with E-state index in [0.717, 1.165) is 10.8 Å². The van der Waals surface area contributed by atoms with Crippen molar-refractivity contribution in [1.82, 2.24) is 4.72 Å². The molecule has 1 atom stereocenters. The Morgan fingerprint density at radius 2 is 1.48 bits per heavy atom. The summed E-state index contributed by atoms with van der Waals surface area (Å²) in [7, 11) is -3.88. The van der Waals surface area contributed by atoms with Crippen LogP contribution < -0.4 is 15.4 Å². The van der Waals surface area contributed by atoms with Gasteiger partial charge in [0.2, 0.25) is 21.8 Å². The Kier molecular flexibility index (Phi) is 5.95. The van der Waals surface area contributed by atoms with Gasteiger partial charge in [-0.3, -0.25) is 9.59 Å². The fourth-order valence-corrected chi connectivity index (χ4v) is 4.06. The molecule has 2 amide bonds. The fourth-order valence-electron chi connectivity index (χ4n) is 2.82. The first kappa shape index (κ1) is 20.5. The molecule has 0 saturated heterocycles. The van der Waals surface area contributed by atoms with Crippen molar-refractivity contribution in [2.24, 2.45) is 0 Å². The molecule has 3 N–H and O–H groups in total. The van der Waals surface area contributed by atoms with E-state index in [9.17, 15) is 18.0 Å². The fraction of sp³-hybridized carbons (Fsp3) is 0.143. The predicted molar refractivity (Wildman–Crippen MR) is 113 cm³/mol. The molecule has 8 heteroatoms. The third-order valence-electron chi connectivity index (χ3n) is 4.21. The van der Waals surface area contributed by atoms with Gasteiger partial charge in [-0.05, 0) is 48.0 Å². The molecule has 3 aromatic rings. The van der Waals surface area contributed by atoms with Crippen LogP contribution in [-0.2, 0) is 19.6 Å². The molecule has 0 radical (unpaired) electrons. The van der Waals surface area contributed by atoms with Crippen molar-refractivity contribution in [1.29, 1.82) is 0 Å². The number of benzene rings is 3. The molecule has 0 aromatic heterocycles. The minimum atomic E-state index is -3.88. The largest absolute Gasteiger partial charge is 0.326 e. The molecule has 3 rings (SSSR count). The number of anilines is 2. The lowest BCUT2D eigenvalue weighted by atomic mass is 10.1. The highest BCUT2D eigenvalue weighted by molar-refractivity contribution is 7.89. The van der Waals surface area contributed by atoms with Gasteiger partial charge in [0.05, 0.1) is 10.9 Å². The van der Waals surface area contributed by atoms with Crippen LogP contribution >= 0.6 is 0 Å². The highest BCUT2D eigenvalue weighted by Gasteiger charge is 2.22. The average molecular weight is 411 g/mol. The number of rotatable bonds is 6. The van der Waals surface area contributed by atoms with Gasteiger partial charge in [0, 0.05) is 18.3 Å². The zero-order valence-corrected chi connectivity index (χ0v) is 16.8. The van der Waals surface area contributed by atoms with Gasteiger partial charge in [-0.25, -0.2) is 8.42 Å². The van der Waals surface area contributed by atoms with Gasteiger partial charge >= 0.3 is 0 Å². The van der Waals surface area contributed by atoms with Crippen LogP contribution in [0.1, 0.15) is 13.8 Å². The van der Waals surface area contributed by atoms with E-state index in [-0.39, 0.29) is 10.8 Å². The minimum Gasteiger partial charge on any atom is -0.326 e. The zero-order valence-electron chi connectivity index (χ0n) is 16.0. The lowest BCUT2D eigenvalue weighted by molar-refractivity contribution is -0.117. The van der Waals surface area contributed by atoms with Crippen LogP contribution in [0.2, 0.25) is 0 Å².